The fourth-order valence-corrected chi connectivity index (χ4v) is 4.65. The van der Waals surface area contributed by atoms with E-state index >= 15 is 0 Å². The molecule has 2 fully saturated rings. The minimum atomic E-state index is -1.69. The number of halogens is 2. The zero-order valence-electron chi connectivity index (χ0n) is 15.7. The van der Waals surface area contributed by atoms with Crippen molar-refractivity contribution in [2.45, 2.75) is 45.4 Å². The highest BCUT2D eigenvalue weighted by molar-refractivity contribution is 6.20. The molecule has 3 heterocycles. The number of amides is 4. The number of nitrogens with one attached hydrogen (secondary N) is 2. The number of fused-ring (bicyclic) bond motifs is 4. The van der Waals surface area contributed by atoms with Crippen LogP contribution in [0, 0.1) is 23.0 Å². The van der Waals surface area contributed by atoms with Crippen molar-refractivity contribution in [3.63, 3.8) is 0 Å². The van der Waals surface area contributed by atoms with Crippen LogP contribution in [-0.4, -0.2) is 42.6 Å². The van der Waals surface area contributed by atoms with Crippen LogP contribution in [0.25, 0.3) is 0 Å². The Kier molecular flexibility index (Phi) is 4.18. The van der Waals surface area contributed by atoms with Gasteiger partial charge in [-0.15, -0.1) is 0 Å². The lowest BCUT2D eigenvalue weighted by Crippen LogP contribution is -2.76. The van der Waals surface area contributed by atoms with E-state index in [2.05, 4.69) is 10.6 Å². The lowest BCUT2D eigenvalue weighted by atomic mass is 9.65. The summed E-state index contributed by atoms with van der Waals surface area (Å²) < 4.78 is 34.1. The number of rotatable bonds is 1. The van der Waals surface area contributed by atoms with Gasteiger partial charge in [0.05, 0.1) is 18.2 Å². The molecule has 3 aliphatic heterocycles. The van der Waals surface area contributed by atoms with Crippen LogP contribution >= 0.6 is 0 Å². The quantitative estimate of drug-likeness (QED) is 0.706. The molecule has 0 radical (unpaired) electrons. The van der Waals surface area contributed by atoms with Gasteiger partial charge >= 0.3 is 6.03 Å². The minimum Gasteiger partial charge on any atom is -0.371 e. The first-order valence-corrected chi connectivity index (χ1v) is 9.22. The number of morpholine rings is 1. The molecule has 2 saturated heterocycles. The second-order valence-corrected chi connectivity index (χ2v) is 8.03. The first-order valence-electron chi connectivity index (χ1n) is 9.22. The Morgan fingerprint density at radius 1 is 1.14 bits per heavy atom. The molecule has 0 saturated carbocycles. The molecule has 150 valence electrons. The van der Waals surface area contributed by atoms with Crippen molar-refractivity contribution in [3.8, 4) is 0 Å². The van der Waals surface area contributed by atoms with E-state index in [1.807, 2.05) is 20.8 Å². The van der Waals surface area contributed by atoms with E-state index in [-0.39, 0.29) is 18.4 Å². The number of carbonyl (C=O) groups excluding carboxylic acids is 3. The van der Waals surface area contributed by atoms with Gasteiger partial charge in [0.15, 0.2) is 17.0 Å². The van der Waals surface area contributed by atoms with Gasteiger partial charge in [-0.3, -0.25) is 20.2 Å². The smallest absolute Gasteiger partial charge is 0.328 e. The van der Waals surface area contributed by atoms with E-state index in [9.17, 15) is 23.2 Å². The van der Waals surface area contributed by atoms with E-state index in [4.69, 9.17) is 4.74 Å². The molecule has 7 nitrogen and oxygen atoms in total. The van der Waals surface area contributed by atoms with Crippen LogP contribution in [0.3, 0.4) is 0 Å². The molecule has 0 aliphatic carbocycles. The summed E-state index contributed by atoms with van der Waals surface area (Å²) in [6.45, 7) is 5.94. The second kappa shape index (κ2) is 6.23. The Labute approximate surface area is 160 Å². The Bertz CT molecular complexity index is 868. The molecule has 4 rings (SSSR count). The highest BCUT2D eigenvalue weighted by Gasteiger charge is 2.63. The SMILES string of the molecule is CC(C)[C@@H]1O[C@H](C)CN2c3cc(F)c(F)cc3CC3(C(=O)NC(=O)NC3=O)[C@@H]12. The van der Waals surface area contributed by atoms with Crippen LogP contribution in [0.15, 0.2) is 12.1 Å². The molecule has 1 spiro atoms. The second-order valence-electron chi connectivity index (χ2n) is 8.03. The van der Waals surface area contributed by atoms with Gasteiger partial charge in [0.1, 0.15) is 0 Å². The highest BCUT2D eigenvalue weighted by Crippen LogP contribution is 2.48. The molecular formula is C19H21F2N3O4. The van der Waals surface area contributed by atoms with Crippen molar-refractivity contribution in [1.82, 2.24) is 10.6 Å². The van der Waals surface area contributed by atoms with Gasteiger partial charge in [0.2, 0.25) is 11.8 Å². The van der Waals surface area contributed by atoms with Gasteiger partial charge < -0.3 is 9.64 Å². The zero-order valence-corrected chi connectivity index (χ0v) is 15.7. The van der Waals surface area contributed by atoms with E-state index in [1.54, 1.807) is 4.90 Å². The molecule has 4 amide bonds. The fourth-order valence-electron chi connectivity index (χ4n) is 4.65. The average molecular weight is 393 g/mol. The predicted molar refractivity (Wildman–Crippen MR) is 94.5 cm³/mol. The van der Waals surface area contributed by atoms with E-state index in [1.165, 1.54) is 0 Å². The molecule has 1 aromatic rings. The summed E-state index contributed by atoms with van der Waals surface area (Å²) >= 11 is 0. The fraction of sp³-hybridized carbons (Fsp3) is 0.526. The van der Waals surface area contributed by atoms with Crippen LogP contribution < -0.4 is 15.5 Å². The summed E-state index contributed by atoms with van der Waals surface area (Å²) in [5, 5.41) is 4.34. The van der Waals surface area contributed by atoms with Crippen LogP contribution in [0.1, 0.15) is 26.3 Å². The maximum Gasteiger partial charge on any atom is 0.328 e. The third-order valence-corrected chi connectivity index (χ3v) is 5.82. The number of anilines is 1. The number of urea groups is 1. The van der Waals surface area contributed by atoms with Gasteiger partial charge in [-0.05, 0) is 24.5 Å². The van der Waals surface area contributed by atoms with E-state index < -0.39 is 47.0 Å². The summed E-state index contributed by atoms with van der Waals surface area (Å²) in [5.41, 5.74) is -0.917. The third kappa shape index (κ3) is 2.52. The average Bonchev–Trinajstić information content (AvgIpc) is 2.60. The number of ether oxygens (including phenoxy) is 1. The van der Waals surface area contributed by atoms with Crippen LogP contribution in [0.2, 0.25) is 0 Å². The van der Waals surface area contributed by atoms with Crippen molar-refractivity contribution in [2.24, 2.45) is 11.3 Å². The number of hydrogen-bond donors (Lipinski definition) is 2. The van der Waals surface area contributed by atoms with Crippen molar-refractivity contribution < 1.29 is 27.9 Å². The van der Waals surface area contributed by atoms with Crippen molar-refractivity contribution >= 4 is 23.5 Å². The normalized spacial score (nSPS) is 28.7. The summed E-state index contributed by atoms with van der Waals surface area (Å²) in [6, 6.07) is 0.456. The molecular weight excluding hydrogens is 372 g/mol. The lowest BCUT2D eigenvalue weighted by molar-refractivity contribution is -0.156. The van der Waals surface area contributed by atoms with E-state index in [0.717, 1.165) is 12.1 Å². The van der Waals surface area contributed by atoms with Gasteiger partial charge in [-0.1, -0.05) is 13.8 Å². The number of benzene rings is 1. The van der Waals surface area contributed by atoms with Crippen molar-refractivity contribution in [1.29, 1.82) is 0 Å². The van der Waals surface area contributed by atoms with Gasteiger partial charge in [0.25, 0.3) is 0 Å². The van der Waals surface area contributed by atoms with Gasteiger partial charge in [0, 0.05) is 24.7 Å². The van der Waals surface area contributed by atoms with Crippen LogP contribution in [-0.2, 0) is 20.7 Å². The zero-order chi connectivity index (χ0) is 20.4. The summed E-state index contributed by atoms with van der Waals surface area (Å²) in [7, 11) is 0. The highest BCUT2D eigenvalue weighted by atomic mass is 19.2. The number of nitrogens with zero attached hydrogens (tertiary/aromatic N) is 1. The topological polar surface area (TPSA) is 87.7 Å². The molecule has 3 aliphatic rings. The molecule has 2 N–H and O–H groups in total. The Balaban J connectivity index is 1.96. The van der Waals surface area contributed by atoms with Crippen molar-refractivity contribution in [2.75, 3.05) is 11.4 Å². The van der Waals surface area contributed by atoms with Gasteiger partial charge in [-0.25, -0.2) is 13.6 Å². The van der Waals surface area contributed by atoms with E-state index in [0.29, 0.717) is 17.8 Å². The first-order chi connectivity index (χ1) is 13.1. The largest absolute Gasteiger partial charge is 0.371 e. The maximum absolute atomic E-state index is 14.0. The number of barbiturate groups is 1. The van der Waals surface area contributed by atoms with Crippen LogP contribution in [0.4, 0.5) is 19.3 Å². The molecule has 0 aromatic heterocycles. The maximum atomic E-state index is 14.0. The number of carbonyl (C=O) groups is 3. The number of hydrogen-bond acceptors (Lipinski definition) is 5. The lowest BCUT2D eigenvalue weighted by Gasteiger charge is -2.56. The Hall–Kier alpha value is -2.55. The molecule has 3 atom stereocenters. The van der Waals surface area contributed by atoms with Crippen molar-refractivity contribution in [3.05, 3.63) is 29.3 Å². The first kappa shape index (κ1) is 18.8. The third-order valence-electron chi connectivity index (χ3n) is 5.82. The predicted octanol–water partition coefficient (Wildman–Crippen LogP) is 1.49. The number of imide groups is 2. The molecule has 28 heavy (non-hydrogen) atoms. The minimum absolute atomic E-state index is 0.0720. The summed E-state index contributed by atoms with van der Waals surface area (Å²) in [6.07, 6.45) is -0.946. The molecule has 1 aromatic carbocycles. The monoisotopic (exact) mass is 393 g/mol. The van der Waals surface area contributed by atoms with Crippen LogP contribution in [0.5, 0.6) is 0 Å². The molecule has 9 heteroatoms. The van der Waals surface area contributed by atoms with Gasteiger partial charge in [-0.2, -0.15) is 0 Å². The Morgan fingerprint density at radius 3 is 2.36 bits per heavy atom. The standard InChI is InChI=1S/C19H21F2N3O4/c1-8(2)14-15-19(16(25)22-18(27)23-17(19)26)6-10-4-11(20)12(21)5-13(10)24(15)7-9(3)28-14/h4-5,8-9,14-15H,6-7H2,1-3H3,(H2,22,23,25,26,27)/t9-,14+,15-/m1/s1. The molecule has 0 unspecified atom stereocenters. The Morgan fingerprint density at radius 2 is 1.75 bits per heavy atom. The summed E-state index contributed by atoms with van der Waals surface area (Å²) in [5.74, 6) is -3.63. The summed E-state index contributed by atoms with van der Waals surface area (Å²) in [4.78, 5) is 39.5. The molecule has 0 bridgehead atoms.